The average Bonchev–Trinajstić information content (AvgIpc) is 3.30. The van der Waals surface area contributed by atoms with Crippen LogP contribution < -0.4 is 0 Å². The number of carbonyl (C=O) groups excluding carboxylic acids is 3. The lowest BCUT2D eigenvalue weighted by Crippen LogP contribution is -2.30. The minimum absolute atomic E-state index is 0.0765. The second-order valence-electron chi connectivity index (χ2n) is 19.2. The summed E-state index contributed by atoms with van der Waals surface area (Å²) in [6.45, 7) is 6.60. The molecule has 6 nitrogen and oxygen atoms in total. The highest BCUT2D eigenvalue weighted by Crippen LogP contribution is 2.16. The van der Waals surface area contributed by atoms with Crippen LogP contribution in [0.2, 0.25) is 0 Å². The fraction of sp³-hybridized carbons (Fsp3) is 0.847. The molecule has 6 heteroatoms. The Morgan fingerprint density at radius 1 is 0.292 bits per heavy atom. The van der Waals surface area contributed by atoms with Crippen LogP contribution in [-0.4, -0.2) is 37.2 Å². The summed E-state index contributed by atoms with van der Waals surface area (Å²) in [6.07, 6.45) is 64.3. The van der Waals surface area contributed by atoms with E-state index in [1.807, 2.05) is 0 Å². The Balaban J connectivity index is 4.23. The zero-order valence-electron chi connectivity index (χ0n) is 43.5. The lowest BCUT2D eigenvalue weighted by molar-refractivity contribution is -0.167. The van der Waals surface area contributed by atoms with E-state index in [9.17, 15) is 14.4 Å². The molecule has 0 heterocycles. The predicted octanol–water partition coefficient (Wildman–Crippen LogP) is 18.9. The molecule has 0 aliphatic carbocycles. The van der Waals surface area contributed by atoms with Gasteiger partial charge in [0.1, 0.15) is 13.2 Å². The van der Waals surface area contributed by atoms with Crippen LogP contribution in [0.25, 0.3) is 0 Å². The Morgan fingerprint density at radius 2 is 0.508 bits per heavy atom. The maximum absolute atomic E-state index is 12.8. The monoisotopic (exact) mass is 913 g/mol. The first-order chi connectivity index (χ1) is 32.0. The highest BCUT2D eigenvalue weighted by atomic mass is 16.6. The summed E-state index contributed by atoms with van der Waals surface area (Å²) in [4.78, 5) is 38.0. The Hall–Kier alpha value is -2.37. The minimum Gasteiger partial charge on any atom is -0.462 e. The van der Waals surface area contributed by atoms with Crippen molar-refractivity contribution in [3.05, 3.63) is 36.5 Å². The molecule has 0 aromatic rings. The van der Waals surface area contributed by atoms with Crippen molar-refractivity contribution in [2.45, 2.75) is 309 Å². The predicted molar refractivity (Wildman–Crippen MR) is 279 cm³/mol. The van der Waals surface area contributed by atoms with Crippen molar-refractivity contribution in [1.29, 1.82) is 0 Å². The summed E-state index contributed by atoms with van der Waals surface area (Å²) in [5.74, 6) is -0.884. The van der Waals surface area contributed by atoms with Gasteiger partial charge in [-0.2, -0.15) is 0 Å². The van der Waals surface area contributed by atoms with E-state index in [2.05, 4.69) is 57.2 Å². The third-order valence-electron chi connectivity index (χ3n) is 12.6. The van der Waals surface area contributed by atoms with Crippen molar-refractivity contribution in [3.63, 3.8) is 0 Å². The minimum atomic E-state index is -0.777. The van der Waals surface area contributed by atoms with Gasteiger partial charge < -0.3 is 14.2 Å². The molecular weight excluding hydrogens is 805 g/mol. The van der Waals surface area contributed by atoms with Crippen LogP contribution in [-0.2, 0) is 28.6 Å². The molecule has 0 spiro atoms. The molecule has 380 valence electrons. The largest absolute Gasteiger partial charge is 0.462 e. The van der Waals surface area contributed by atoms with Crippen molar-refractivity contribution < 1.29 is 28.6 Å². The van der Waals surface area contributed by atoms with Gasteiger partial charge in [-0.05, 0) is 96.3 Å². The Kier molecular flexibility index (Phi) is 52.3. The van der Waals surface area contributed by atoms with E-state index >= 15 is 0 Å². The Labute approximate surface area is 404 Å². The van der Waals surface area contributed by atoms with E-state index in [4.69, 9.17) is 14.2 Å². The third-order valence-corrected chi connectivity index (χ3v) is 12.6. The van der Waals surface area contributed by atoms with Crippen LogP contribution in [0.15, 0.2) is 36.5 Å². The van der Waals surface area contributed by atoms with E-state index in [0.717, 1.165) is 77.0 Å². The van der Waals surface area contributed by atoms with Gasteiger partial charge in [-0.25, -0.2) is 0 Å². The van der Waals surface area contributed by atoms with Crippen LogP contribution >= 0.6 is 0 Å². The first-order valence-electron chi connectivity index (χ1n) is 28.5. The number of hydrogen-bond acceptors (Lipinski definition) is 6. The number of ether oxygens (including phenoxy) is 3. The fourth-order valence-electron chi connectivity index (χ4n) is 8.25. The zero-order valence-corrected chi connectivity index (χ0v) is 43.5. The molecule has 65 heavy (non-hydrogen) atoms. The van der Waals surface area contributed by atoms with Crippen molar-refractivity contribution in [2.24, 2.45) is 0 Å². The van der Waals surface area contributed by atoms with Crippen molar-refractivity contribution in [1.82, 2.24) is 0 Å². The van der Waals surface area contributed by atoms with E-state index in [1.54, 1.807) is 0 Å². The number of allylic oxidation sites excluding steroid dienone is 6. The summed E-state index contributed by atoms with van der Waals surface area (Å²) >= 11 is 0. The number of hydrogen-bond donors (Lipinski definition) is 0. The zero-order chi connectivity index (χ0) is 47.2. The van der Waals surface area contributed by atoms with Gasteiger partial charge in [0.25, 0.3) is 0 Å². The van der Waals surface area contributed by atoms with E-state index < -0.39 is 6.10 Å². The molecule has 0 aromatic carbocycles. The average molecular weight is 914 g/mol. The molecule has 0 bridgehead atoms. The maximum atomic E-state index is 12.8. The molecule has 0 fully saturated rings. The van der Waals surface area contributed by atoms with E-state index in [0.29, 0.717) is 19.3 Å². The van der Waals surface area contributed by atoms with Gasteiger partial charge in [0.05, 0.1) is 0 Å². The molecule has 0 saturated carbocycles. The molecule has 1 atom stereocenters. The van der Waals surface area contributed by atoms with Crippen LogP contribution in [0.3, 0.4) is 0 Å². The molecule has 0 amide bonds. The summed E-state index contributed by atoms with van der Waals surface area (Å²) in [6, 6.07) is 0. The van der Waals surface area contributed by atoms with Gasteiger partial charge in [0.15, 0.2) is 6.10 Å². The second kappa shape index (κ2) is 54.2. The van der Waals surface area contributed by atoms with Crippen LogP contribution in [0.5, 0.6) is 0 Å². The summed E-state index contributed by atoms with van der Waals surface area (Å²) in [5, 5.41) is 0. The van der Waals surface area contributed by atoms with Gasteiger partial charge in [-0.1, -0.05) is 224 Å². The Bertz CT molecular complexity index is 1090. The summed E-state index contributed by atoms with van der Waals surface area (Å²) in [5.41, 5.74) is 0. The Morgan fingerprint density at radius 3 is 0.800 bits per heavy atom. The normalized spacial score (nSPS) is 12.2. The second-order valence-corrected chi connectivity index (χ2v) is 19.2. The van der Waals surface area contributed by atoms with Gasteiger partial charge >= 0.3 is 17.9 Å². The third kappa shape index (κ3) is 52.5. The molecule has 0 aliphatic heterocycles. The lowest BCUT2D eigenvalue weighted by atomic mass is 10.0. The number of unbranched alkanes of at least 4 members (excludes halogenated alkanes) is 35. The summed E-state index contributed by atoms with van der Waals surface area (Å²) < 4.78 is 16.8. The fourth-order valence-corrected chi connectivity index (χ4v) is 8.25. The molecule has 0 radical (unpaired) electrons. The SMILES string of the molecule is CCCCC/C=C\CCCCCCCC(=O)OCC(COC(=O)CCCCCCCCCCCCC/C=C\CCCCCCCCCC)OC(=O)CCCCCCC/C=C\CCCCC. The standard InChI is InChI=1S/C59H108O6/c1-4-7-10-13-16-19-22-25-26-27-28-29-30-31-32-33-34-35-38-40-43-46-49-52-58(61)64-55-56(65-59(62)53-50-47-44-41-37-24-21-18-15-12-9-6-3)54-63-57(60)51-48-45-42-39-36-23-20-17-14-11-8-5-2/h17-18,20-21,27-28,56H,4-16,19,22-26,29-55H2,1-3H3/b20-17-,21-18-,28-27-. The number of carbonyl (C=O) groups is 3. The molecule has 0 N–H and O–H groups in total. The van der Waals surface area contributed by atoms with E-state index in [1.165, 1.54) is 186 Å². The van der Waals surface area contributed by atoms with Crippen molar-refractivity contribution >= 4 is 17.9 Å². The molecular formula is C59H108O6. The van der Waals surface area contributed by atoms with Crippen LogP contribution in [0, 0.1) is 0 Å². The topological polar surface area (TPSA) is 78.9 Å². The van der Waals surface area contributed by atoms with Gasteiger partial charge in [-0.3, -0.25) is 14.4 Å². The van der Waals surface area contributed by atoms with Crippen molar-refractivity contribution in [3.8, 4) is 0 Å². The molecule has 0 aliphatic rings. The molecule has 0 saturated heterocycles. The summed E-state index contributed by atoms with van der Waals surface area (Å²) in [7, 11) is 0. The highest BCUT2D eigenvalue weighted by molar-refractivity contribution is 5.71. The van der Waals surface area contributed by atoms with Crippen LogP contribution in [0.4, 0.5) is 0 Å². The van der Waals surface area contributed by atoms with Gasteiger partial charge in [0.2, 0.25) is 0 Å². The van der Waals surface area contributed by atoms with E-state index in [-0.39, 0.29) is 31.1 Å². The first-order valence-corrected chi connectivity index (χ1v) is 28.5. The van der Waals surface area contributed by atoms with Gasteiger partial charge in [0, 0.05) is 19.3 Å². The molecule has 0 aromatic heterocycles. The number of esters is 3. The van der Waals surface area contributed by atoms with Crippen LogP contribution in [0.1, 0.15) is 303 Å². The number of rotatable bonds is 52. The first kappa shape index (κ1) is 62.6. The highest BCUT2D eigenvalue weighted by Gasteiger charge is 2.19. The molecule has 0 rings (SSSR count). The quantitative estimate of drug-likeness (QED) is 0.0262. The smallest absolute Gasteiger partial charge is 0.306 e. The van der Waals surface area contributed by atoms with Crippen molar-refractivity contribution in [2.75, 3.05) is 13.2 Å². The molecule has 1 unspecified atom stereocenters. The lowest BCUT2D eigenvalue weighted by Gasteiger charge is -2.18. The van der Waals surface area contributed by atoms with Gasteiger partial charge in [-0.15, -0.1) is 0 Å². The maximum Gasteiger partial charge on any atom is 0.306 e.